The standard InChI is InChI=1S/C11H14O4/c1-3-11(2,10(14)15)7-4-5-8(12)9(13)6-7/h4-6,12-13H,3H2,1-2H3,(H,14,15). The fourth-order valence-electron chi connectivity index (χ4n) is 1.35. The van der Waals surface area contributed by atoms with Crippen molar-refractivity contribution in [3.05, 3.63) is 23.8 Å². The van der Waals surface area contributed by atoms with Gasteiger partial charge in [-0.1, -0.05) is 13.0 Å². The van der Waals surface area contributed by atoms with Crippen LogP contribution in [-0.2, 0) is 10.2 Å². The van der Waals surface area contributed by atoms with Crippen LogP contribution < -0.4 is 0 Å². The Balaban J connectivity index is 3.25. The van der Waals surface area contributed by atoms with Crippen LogP contribution in [0.5, 0.6) is 11.5 Å². The van der Waals surface area contributed by atoms with Gasteiger partial charge in [-0.15, -0.1) is 0 Å². The molecule has 0 saturated carbocycles. The highest BCUT2D eigenvalue weighted by Crippen LogP contribution is 2.33. The van der Waals surface area contributed by atoms with Crippen molar-refractivity contribution in [1.29, 1.82) is 0 Å². The molecule has 0 aliphatic rings. The summed E-state index contributed by atoms with van der Waals surface area (Å²) in [4.78, 5) is 11.1. The van der Waals surface area contributed by atoms with Gasteiger partial charge < -0.3 is 15.3 Å². The monoisotopic (exact) mass is 210 g/mol. The second-order valence-electron chi connectivity index (χ2n) is 3.69. The van der Waals surface area contributed by atoms with Crippen LogP contribution in [0, 0.1) is 0 Å². The molecule has 3 N–H and O–H groups in total. The maximum Gasteiger partial charge on any atom is 0.313 e. The van der Waals surface area contributed by atoms with Crippen molar-refractivity contribution in [3.63, 3.8) is 0 Å². The van der Waals surface area contributed by atoms with Gasteiger partial charge in [0.05, 0.1) is 5.41 Å². The first-order chi connectivity index (χ1) is 6.91. The lowest BCUT2D eigenvalue weighted by atomic mass is 9.80. The molecule has 0 aromatic heterocycles. The minimum atomic E-state index is -1.04. The van der Waals surface area contributed by atoms with Crippen LogP contribution >= 0.6 is 0 Å². The van der Waals surface area contributed by atoms with E-state index in [0.717, 1.165) is 0 Å². The van der Waals surface area contributed by atoms with Crippen LogP contribution in [0.4, 0.5) is 0 Å². The molecule has 82 valence electrons. The maximum atomic E-state index is 11.1. The fraction of sp³-hybridized carbons (Fsp3) is 0.364. The number of hydrogen-bond acceptors (Lipinski definition) is 3. The van der Waals surface area contributed by atoms with E-state index in [1.54, 1.807) is 13.8 Å². The number of hydrogen-bond donors (Lipinski definition) is 3. The Kier molecular flexibility index (Phi) is 2.88. The van der Waals surface area contributed by atoms with Crippen LogP contribution in [0.25, 0.3) is 0 Å². The Hall–Kier alpha value is -1.71. The molecule has 4 heteroatoms. The molecule has 0 amide bonds. The lowest BCUT2D eigenvalue weighted by Gasteiger charge is -2.23. The molecule has 1 unspecified atom stereocenters. The molecule has 4 nitrogen and oxygen atoms in total. The Labute approximate surface area is 87.8 Å². The second-order valence-corrected chi connectivity index (χ2v) is 3.69. The van der Waals surface area contributed by atoms with E-state index >= 15 is 0 Å². The van der Waals surface area contributed by atoms with Crippen molar-refractivity contribution in [2.75, 3.05) is 0 Å². The first-order valence-corrected chi connectivity index (χ1v) is 4.67. The van der Waals surface area contributed by atoms with E-state index in [4.69, 9.17) is 10.2 Å². The zero-order valence-corrected chi connectivity index (χ0v) is 8.69. The topological polar surface area (TPSA) is 77.8 Å². The van der Waals surface area contributed by atoms with E-state index in [-0.39, 0.29) is 11.5 Å². The lowest BCUT2D eigenvalue weighted by molar-refractivity contribution is -0.143. The van der Waals surface area contributed by atoms with Gasteiger partial charge >= 0.3 is 5.97 Å². The van der Waals surface area contributed by atoms with E-state index in [2.05, 4.69) is 0 Å². The predicted octanol–water partition coefficient (Wildman–Crippen LogP) is 1.85. The van der Waals surface area contributed by atoms with Gasteiger partial charge in [0.2, 0.25) is 0 Å². The van der Waals surface area contributed by atoms with Gasteiger partial charge in [-0.3, -0.25) is 4.79 Å². The summed E-state index contributed by atoms with van der Waals surface area (Å²) >= 11 is 0. The van der Waals surface area contributed by atoms with Crippen LogP contribution in [-0.4, -0.2) is 21.3 Å². The summed E-state index contributed by atoms with van der Waals surface area (Å²) in [5.74, 6) is -1.49. The minimum Gasteiger partial charge on any atom is -0.504 e. The fourth-order valence-corrected chi connectivity index (χ4v) is 1.35. The highest BCUT2D eigenvalue weighted by atomic mass is 16.4. The summed E-state index contributed by atoms with van der Waals surface area (Å²) in [6.07, 6.45) is 0.409. The van der Waals surface area contributed by atoms with E-state index in [9.17, 15) is 9.90 Å². The van der Waals surface area contributed by atoms with E-state index in [1.165, 1.54) is 18.2 Å². The Morgan fingerprint density at radius 1 is 1.33 bits per heavy atom. The van der Waals surface area contributed by atoms with Crippen molar-refractivity contribution in [2.45, 2.75) is 25.7 Å². The van der Waals surface area contributed by atoms with Crippen LogP contribution in [0.3, 0.4) is 0 Å². The molecule has 0 radical (unpaired) electrons. The molecule has 1 rings (SSSR count). The molecule has 0 bridgehead atoms. The van der Waals surface area contributed by atoms with Gasteiger partial charge in [-0.25, -0.2) is 0 Å². The van der Waals surface area contributed by atoms with Crippen molar-refractivity contribution >= 4 is 5.97 Å². The summed E-state index contributed by atoms with van der Waals surface area (Å²) in [6.45, 7) is 3.35. The third kappa shape index (κ3) is 1.88. The third-order valence-corrected chi connectivity index (χ3v) is 2.79. The second kappa shape index (κ2) is 3.81. The van der Waals surface area contributed by atoms with Crippen molar-refractivity contribution < 1.29 is 20.1 Å². The average Bonchev–Trinajstić information content (AvgIpc) is 2.20. The van der Waals surface area contributed by atoms with Crippen LogP contribution in [0.1, 0.15) is 25.8 Å². The Morgan fingerprint density at radius 3 is 2.33 bits per heavy atom. The Bertz CT molecular complexity index is 386. The normalized spacial score (nSPS) is 14.5. The quantitative estimate of drug-likeness (QED) is 0.665. The molecule has 1 atom stereocenters. The van der Waals surface area contributed by atoms with Crippen LogP contribution in [0.15, 0.2) is 18.2 Å². The number of phenolic OH excluding ortho intramolecular Hbond substituents is 2. The zero-order valence-electron chi connectivity index (χ0n) is 8.69. The molecule has 1 aromatic rings. The number of rotatable bonds is 3. The first kappa shape index (κ1) is 11.4. The summed E-state index contributed by atoms with van der Waals surface area (Å²) in [6, 6.07) is 4.08. The zero-order chi connectivity index (χ0) is 11.6. The predicted molar refractivity (Wildman–Crippen MR) is 55.1 cm³/mol. The number of aliphatic carboxylic acids is 1. The van der Waals surface area contributed by atoms with Crippen molar-refractivity contribution in [2.24, 2.45) is 0 Å². The highest BCUT2D eigenvalue weighted by Gasteiger charge is 2.33. The Morgan fingerprint density at radius 2 is 1.93 bits per heavy atom. The highest BCUT2D eigenvalue weighted by molar-refractivity contribution is 5.81. The summed E-state index contributed by atoms with van der Waals surface area (Å²) in [5, 5.41) is 27.5. The molecule has 0 saturated heterocycles. The summed E-state index contributed by atoms with van der Waals surface area (Å²) < 4.78 is 0. The molecular weight excluding hydrogens is 196 g/mol. The number of carboxylic acid groups (broad SMARTS) is 1. The number of phenols is 2. The number of carboxylic acids is 1. The van der Waals surface area contributed by atoms with Gasteiger partial charge in [0.25, 0.3) is 0 Å². The molecule has 0 heterocycles. The molecular formula is C11H14O4. The summed E-state index contributed by atoms with van der Waals surface area (Å²) in [7, 11) is 0. The van der Waals surface area contributed by atoms with Crippen LogP contribution in [0.2, 0.25) is 0 Å². The minimum absolute atomic E-state index is 0.248. The molecule has 0 fully saturated rings. The first-order valence-electron chi connectivity index (χ1n) is 4.67. The van der Waals surface area contributed by atoms with E-state index < -0.39 is 11.4 Å². The molecule has 0 aliphatic carbocycles. The van der Waals surface area contributed by atoms with E-state index in [0.29, 0.717) is 12.0 Å². The molecule has 0 aliphatic heterocycles. The largest absolute Gasteiger partial charge is 0.504 e. The molecule has 1 aromatic carbocycles. The lowest BCUT2D eigenvalue weighted by Crippen LogP contribution is -2.31. The number of benzene rings is 1. The van der Waals surface area contributed by atoms with Gasteiger partial charge in [0, 0.05) is 0 Å². The number of carbonyl (C=O) groups is 1. The van der Waals surface area contributed by atoms with Crippen molar-refractivity contribution in [1.82, 2.24) is 0 Å². The van der Waals surface area contributed by atoms with Gasteiger partial charge in [0.15, 0.2) is 11.5 Å². The van der Waals surface area contributed by atoms with Gasteiger partial charge in [0.1, 0.15) is 0 Å². The molecule has 0 spiro atoms. The van der Waals surface area contributed by atoms with Gasteiger partial charge in [-0.05, 0) is 31.0 Å². The summed E-state index contributed by atoms with van der Waals surface area (Å²) in [5.41, 5.74) is -0.557. The average molecular weight is 210 g/mol. The van der Waals surface area contributed by atoms with Crippen molar-refractivity contribution in [3.8, 4) is 11.5 Å². The third-order valence-electron chi connectivity index (χ3n) is 2.79. The molecule has 15 heavy (non-hydrogen) atoms. The van der Waals surface area contributed by atoms with E-state index in [1.807, 2.05) is 0 Å². The number of aromatic hydroxyl groups is 2. The SMILES string of the molecule is CCC(C)(C(=O)O)c1ccc(O)c(O)c1. The smallest absolute Gasteiger partial charge is 0.313 e. The van der Waals surface area contributed by atoms with Gasteiger partial charge in [-0.2, -0.15) is 0 Å². The maximum absolute atomic E-state index is 11.1.